The van der Waals surface area contributed by atoms with E-state index in [0.29, 0.717) is 17.0 Å². The first-order valence-electron chi connectivity index (χ1n) is 7.74. The van der Waals surface area contributed by atoms with Gasteiger partial charge in [-0.05, 0) is 26.0 Å². The van der Waals surface area contributed by atoms with Gasteiger partial charge in [-0.2, -0.15) is 5.10 Å². The van der Waals surface area contributed by atoms with Crippen molar-refractivity contribution in [3.63, 3.8) is 0 Å². The molecule has 5 rings (SSSR count). The molecule has 1 aliphatic carbocycles. The number of hydrogen-bond acceptors (Lipinski definition) is 7. The molecule has 1 saturated carbocycles. The third-order valence-electron chi connectivity index (χ3n) is 5.29. The average Bonchev–Trinajstić information content (AvgIpc) is 2.94. The summed E-state index contributed by atoms with van der Waals surface area (Å²) < 4.78 is 33.2. The van der Waals surface area contributed by atoms with Crippen molar-refractivity contribution in [2.75, 3.05) is 12.4 Å². The van der Waals surface area contributed by atoms with Crippen LogP contribution in [0.15, 0.2) is 18.5 Å². The predicted octanol–water partition coefficient (Wildman–Crippen LogP) is 0.356. The van der Waals surface area contributed by atoms with Crippen molar-refractivity contribution in [3.05, 3.63) is 24.2 Å². The average molecular weight is 336 g/mol. The Morgan fingerprint density at radius 1 is 1.38 bits per heavy atom. The smallest absolute Gasteiger partial charge is 0.164 e. The molecule has 5 atom stereocenters. The number of rotatable bonds is 2. The quantitative estimate of drug-likeness (QED) is 0.816. The van der Waals surface area contributed by atoms with E-state index in [1.165, 1.54) is 6.33 Å². The summed E-state index contributed by atoms with van der Waals surface area (Å²) >= 11 is 0. The monoisotopic (exact) mass is 336 g/mol. The Hall–Kier alpha value is -1.81. The fourth-order valence-corrected chi connectivity index (χ4v) is 4.25. The van der Waals surface area contributed by atoms with Crippen LogP contribution in [0, 0.1) is 0 Å². The third-order valence-corrected chi connectivity index (χ3v) is 5.29. The maximum Gasteiger partial charge on any atom is 0.164 e. The number of fused-ring (bicyclic) bond motifs is 1. The fraction of sp³-hybridized carbons (Fsp3) is 0.600. The van der Waals surface area contributed by atoms with E-state index in [1.807, 2.05) is 0 Å². The van der Waals surface area contributed by atoms with Gasteiger partial charge in [0.2, 0.25) is 0 Å². The SMILES string of the molecule is CC1(C)O[C@H]2[C@H](c3ccc4c(N)ncnn34)O[C@]3(CF)C(O)[C@]23O1. The highest BCUT2D eigenvalue weighted by atomic mass is 19.1. The Morgan fingerprint density at radius 3 is 2.92 bits per heavy atom. The lowest BCUT2D eigenvalue weighted by atomic mass is 10.0. The zero-order chi connectivity index (χ0) is 16.9. The molecule has 128 valence electrons. The Balaban J connectivity index is 1.64. The normalized spacial score (nSPS) is 42.2. The van der Waals surface area contributed by atoms with Crippen LogP contribution < -0.4 is 5.73 Å². The third kappa shape index (κ3) is 1.39. The van der Waals surface area contributed by atoms with Gasteiger partial charge in [0.15, 0.2) is 22.8 Å². The Labute approximate surface area is 136 Å². The van der Waals surface area contributed by atoms with Crippen LogP contribution in [0.2, 0.25) is 0 Å². The Morgan fingerprint density at radius 2 is 2.17 bits per heavy atom. The van der Waals surface area contributed by atoms with Crippen LogP contribution in [-0.2, 0) is 14.2 Å². The highest BCUT2D eigenvalue weighted by Crippen LogP contribution is 2.70. The predicted molar refractivity (Wildman–Crippen MR) is 78.7 cm³/mol. The Kier molecular flexibility index (Phi) is 2.45. The molecule has 1 unspecified atom stereocenters. The number of alkyl halides is 1. The minimum Gasteiger partial charge on any atom is -0.387 e. The number of hydrogen-bond donors (Lipinski definition) is 2. The van der Waals surface area contributed by atoms with Gasteiger partial charge in [-0.1, -0.05) is 0 Å². The second-order valence-corrected chi connectivity index (χ2v) is 7.00. The summed E-state index contributed by atoms with van der Waals surface area (Å²) in [6.07, 6.45) is -1.01. The van der Waals surface area contributed by atoms with Gasteiger partial charge >= 0.3 is 0 Å². The highest BCUT2D eigenvalue weighted by Gasteiger charge is 2.92. The van der Waals surface area contributed by atoms with Gasteiger partial charge in [-0.15, -0.1) is 0 Å². The van der Waals surface area contributed by atoms with Gasteiger partial charge < -0.3 is 25.1 Å². The number of anilines is 1. The molecule has 3 fully saturated rings. The summed E-state index contributed by atoms with van der Waals surface area (Å²) in [6, 6.07) is 3.56. The largest absolute Gasteiger partial charge is 0.387 e. The van der Waals surface area contributed by atoms with Crippen LogP contribution in [-0.4, -0.2) is 55.6 Å². The van der Waals surface area contributed by atoms with Crippen molar-refractivity contribution in [2.45, 2.75) is 49.1 Å². The van der Waals surface area contributed by atoms with E-state index in [-0.39, 0.29) is 0 Å². The maximum absolute atomic E-state index is 13.8. The molecule has 2 aromatic heterocycles. The van der Waals surface area contributed by atoms with Crippen molar-refractivity contribution in [1.82, 2.24) is 14.6 Å². The molecule has 2 aromatic rings. The van der Waals surface area contributed by atoms with Crippen molar-refractivity contribution in [2.24, 2.45) is 0 Å². The molecule has 4 heterocycles. The second-order valence-electron chi connectivity index (χ2n) is 7.00. The van der Waals surface area contributed by atoms with Gasteiger partial charge in [-0.25, -0.2) is 13.9 Å². The van der Waals surface area contributed by atoms with E-state index in [1.54, 1.807) is 30.5 Å². The van der Waals surface area contributed by atoms with E-state index in [2.05, 4.69) is 10.1 Å². The van der Waals surface area contributed by atoms with Crippen LogP contribution >= 0.6 is 0 Å². The van der Waals surface area contributed by atoms with Crippen molar-refractivity contribution in [1.29, 1.82) is 0 Å². The zero-order valence-corrected chi connectivity index (χ0v) is 13.1. The number of ether oxygens (including phenoxy) is 3. The summed E-state index contributed by atoms with van der Waals surface area (Å²) in [5, 5.41) is 14.5. The topological polar surface area (TPSA) is 104 Å². The number of aliphatic hydroxyl groups is 1. The molecule has 0 amide bonds. The molecule has 0 aromatic carbocycles. The molecule has 24 heavy (non-hydrogen) atoms. The van der Waals surface area contributed by atoms with Crippen LogP contribution in [0.4, 0.5) is 10.2 Å². The number of nitrogens with two attached hydrogens (primary N) is 1. The van der Waals surface area contributed by atoms with Crippen molar-refractivity contribution >= 4 is 11.3 Å². The second kappa shape index (κ2) is 4.05. The van der Waals surface area contributed by atoms with Gasteiger partial charge in [-0.3, -0.25) is 0 Å². The molecule has 1 spiro atoms. The molecular weight excluding hydrogens is 319 g/mol. The van der Waals surface area contributed by atoms with Crippen LogP contribution in [0.25, 0.3) is 5.52 Å². The number of nitrogens with zero attached hydrogens (tertiary/aromatic N) is 3. The van der Waals surface area contributed by atoms with Crippen LogP contribution in [0.1, 0.15) is 25.6 Å². The lowest BCUT2D eigenvalue weighted by molar-refractivity contribution is -0.190. The van der Waals surface area contributed by atoms with E-state index < -0.39 is 42.0 Å². The van der Waals surface area contributed by atoms with Crippen molar-refractivity contribution in [3.8, 4) is 0 Å². The van der Waals surface area contributed by atoms with E-state index >= 15 is 0 Å². The Bertz CT molecular complexity index is 857. The summed E-state index contributed by atoms with van der Waals surface area (Å²) in [7, 11) is 0. The van der Waals surface area contributed by atoms with E-state index in [0.717, 1.165) is 0 Å². The van der Waals surface area contributed by atoms with Gasteiger partial charge in [0.05, 0.1) is 5.69 Å². The molecule has 9 heteroatoms. The summed E-state index contributed by atoms with van der Waals surface area (Å²) in [5.41, 5.74) is 4.53. The first-order chi connectivity index (χ1) is 11.4. The first kappa shape index (κ1) is 14.5. The zero-order valence-electron chi connectivity index (χ0n) is 13.1. The van der Waals surface area contributed by atoms with Crippen LogP contribution in [0.5, 0.6) is 0 Å². The first-order valence-corrected chi connectivity index (χ1v) is 7.74. The van der Waals surface area contributed by atoms with E-state index in [9.17, 15) is 9.50 Å². The maximum atomic E-state index is 13.8. The molecule has 0 bridgehead atoms. The number of aliphatic hydroxyl groups excluding tert-OH is 1. The lowest BCUT2D eigenvalue weighted by Gasteiger charge is -2.24. The summed E-state index contributed by atoms with van der Waals surface area (Å²) in [5.74, 6) is -0.607. The summed E-state index contributed by atoms with van der Waals surface area (Å²) in [4.78, 5) is 3.95. The van der Waals surface area contributed by atoms with Crippen molar-refractivity contribution < 1.29 is 23.7 Å². The molecule has 3 aliphatic rings. The van der Waals surface area contributed by atoms with Gasteiger partial charge in [0.25, 0.3) is 0 Å². The minimum absolute atomic E-state index is 0.332. The van der Waals surface area contributed by atoms with E-state index in [4.69, 9.17) is 19.9 Å². The molecule has 0 radical (unpaired) electrons. The molecule has 2 aliphatic heterocycles. The van der Waals surface area contributed by atoms with Gasteiger partial charge in [0.1, 0.15) is 36.8 Å². The highest BCUT2D eigenvalue weighted by molar-refractivity contribution is 5.65. The van der Waals surface area contributed by atoms with Gasteiger partial charge in [0, 0.05) is 0 Å². The standard InChI is InChI=1S/C15H17FN4O4/c1-13(2)23-10-9(22-14(5-16)12(21)15(10,14)24-13)7-3-4-8-11(17)18-6-19-20(7)8/h3-4,6,9-10,12,21H,5H2,1-2H3,(H2,17,18,19)/t9-,10-,12?,14+,15+/m0/s1. The number of halogens is 1. The number of nitrogen functional groups attached to an aromatic ring is 1. The molecule has 3 N–H and O–H groups in total. The summed E-state index contributed by atoms with van der Waals surface area (Å²) in [6.45, 7) is 2.62. The number of aromatic nitrogens is 3. The van der Waals surface area contributed by atoms with Crippen LogP contribution in [0.3, 0.4) is 0 Å². The fourth-order valence-electron chi connectivity index (χ4n) is 4.25. The molecular formula is C15H17FN4O4. The molecule has 8 nitrogen and oxygen atoms in total. The lowest BCUT2D eigenvalue weighted by Crippen LogP contribution is -2.32. The minimum atomic E-state index is -1.40. The molecule has 2 saturated heterocycles.